The lowest BCUT2D eigenvalue weighted by Gasteiger charge is -2.16. The third-order valence-corrected chi connectivity index (χ3v) is 3.73. The fourth-order valence-corrected chi connectivity index (χ4v) is 2.46. The highest BCUT2D eigenvalue weighted by Gasteiger charge is 2.21. The van der Waals surface area contributed by atoms with Gasteiger partial charge >= 0.3 is 0 Å². The first-order chi connectivity index (χ1) is 14.1. The number of benzene rings is 1. The summed E-state index contributed by atoms with van der Waals surface area (Å²) in [6.45, 7) is 8.56. The Morgan fingerprint density at radius 1 is 1.10 bits per heavy atom. The molecule has 29 heavy (non-hydrogen) atoms. The monoisotopic (exact) mass is 402 g/mol. The zero-order valence-electron chi connectivity index (χ0n) is 17.2. The predicted octanol–water partition coefficient (Wildman–Crippen LogP) is 3.26. The number of hydrogen-bond donors (Lipinski definition) is 0. The second-order valence-corrected chi connectivity index (χ2v) is 6.16. The predicted molar refractivity (Wildman–Crippen MR) is 111 cm³/mol. The summed E-state index contributed by atoms with van der Waals surface area (Å²) < 4.78 is 5.55. The molecule has 0 bridgehead atoms. The van der Waals surface area contributed by atoms with E-state index in [-0.39, 0.29) is 12.5 Å². The van der Waals surface area contributed by atoms with Gasteiger partial charge in [0.1, 0.15) is 38.9 Å². The zero-order valence-corrected chi connectivity index (χ0v) is 17.2. The largest absolute Gasteiger partial charge is 0.470 e. The first kappa shape index (κ1) is 21.9. The van der Waals surface area contributed by atoms with Crippen LogP contribution in [0.4, 0.5) is 0 Å². The summed E-state index contributed by atoms with van der Waals surface area (Å²) in [5, 5.41) is 16.1. The number of allylic oxidation sites excluding steroid dienone is 1. The summed E-state index contributed by atoms with van der Waals surface area (Å²) in [5.41, 5.74) is 4.16. The molecule has 2 rings (SSSR count). The zero-order chi connectivity index (χ0) is 21.1. The molecule has 1 heterocycles. The Morgan fingerprint density at radius 3 is 2.52 bits per heavy atom. The molecule has 0 amide bonds. The molecule has 156 valence electrons. The minimum Gasteiger partial charge on any atom is -0.470 e. The van der Waals surface area contributed by atoms with Gasteiger partial charge < -0.3 is 24.1 Å². The maximum Gasteiger partial charge on any atom is 0.280 e. The van der Waals surface area contributed by atoms with Crippen LogP contribution in [0.25, 0.3) is 0 Å². The van der Waals surface area contributed by atoms with E-state index in [0.29, 0.717) is 36.8 Å². The minimum absolute atomic E-state index is 0.192. The molecule has 0 N–H and O–H groups in total. The molecule has 0 saturated carbocycles. The maximum absolute atomic E-state index is 5.56. The quantitative estimate of drug-likeness (QED) is 0.340. The van der Waals surface area contributed by atoms with Gasteiger partial charge in [-0.15, -0.1) is 0 Å². The van der Waals surface area contributed by atoms with Crippen LogP contribution in [0.1, 0.15) is 31.4 Å². The summed E-state index contributed by atoms with van der Waals surface area (Å²) in [5.74, 6) is 0.251. The van der Waals surface area contributed by atoms with Crippen molar-refractivity contribution < 1.29 is 24.1 Å². The fourth-order valence-electron chi connectivity index (χ4n) is 2.46. The molecule has 9 nitrogen and oxygen atoms in total. The summed E-state index contributed by atoms with van der Waals surface area (Å²) in [4.78, 5) is 20.5. The summed E-state index contributed by atoms with van der Waals surface area (Å²) >= 11 is 0. The highest BCUT2D eigenvalue weighted by molar-refractivity contribution is 6.45. The van der Waals surface area contributed by atoms with Gasteiger partial charge in [-0.05, 0) is 19.0 Å². The Hall–Kier alpha value is -3.36. The lowest BCUT2D eigenvalue weighted by molar-refractivity contribution is 0.0672. The van der Waals surface area contributed by atoms with Gasteiger partial charge in [0.15, 0.2) is 12.3 Å². The van der Waals surface area contributed by atoms with E-state index in [4.69, 9.17) is 24.1 Å². The maximum atomic E-state index is 5.56. The molecule has 0 unspecified atom stereocenters. The van der Waals surface area contributed by atoms with Crippen molar-refractivity contribution in [1.29, 1.82) is 0 Å². The van der Waals surface area contributed by atoms with Crippen LogP contribution in [-0.4, -0.2) is 50.5 Å². The van der Waals surface area contributed by atoms with Gasteiger partial charge in [0, 0.05) is 17.5 Å². The molecule has 0 fully saturated rings. The Morgan fingerprint density at radius 2 is 1.86 bits per heavy atom. The van der Waals surface area contributed by atoms with E-state index < -0.39 is 0 Å². The SMILES string of the molecule is C=C(C)CC(=N\OC)/C(C)=N/OCc1ccccc1/C(=N\OC)C1=NOCCO1. The van der Waals surface area contributed by atoms with E-state index in [1.165, 1.54) is 14.2 Å². The highest BCUT2D eigenvalue weighted by Crippen LogP contribution is 2.15. The van der Waals surface area contributed by atoms with Crippen LogP contribution in [0.15, 0.2) is 57.0 Å². The van der Waals surface area contributed by atoms with Gasteiger partial charge in [-0.1, -0.05) is 51.9 Å². The lowest BCUT2D eigenvalue weighted by atomic mass is 10.0. The first-order valence-corrected chi connectivity index (χ1v) is 9.00. The minimum atomic E-state index is 0.192. The Bertz CT molecular complexity index is 830. The van der Waals surface area contributed by atoms with Crippen molar-refractivity contribution in [3.05, 3.63) is 47.5 Å². The van der Waals surface area contributed by atoms with Gasteiger partial charge in [0.25, 0.3) is 5.90 Å². The molecule has 9 heteroatoms. The smallest absolute Gasteiger partial charge is 0.280 e. The third-order valence-electron chi connectivity index (χ3n) is 3.73. The molecular weight excluding hydrogens is 376 g/mol. The molecule has 0 atom stereocenters. The molecular formula is C20H26N4O5. The molecule has 1 aromatic rings. The molecule has 1 aromatic carbocycles. The first-order valence-electron chi connectivity index (χ1n) is 9.00. The summed E-state index contributed by atoms with van der Waals surface area (Å²) in [6.07, 6.45) is 0.547. The second-order valence-electron chi connectivity index (χ2n) is 6.16. The van der Waals surface area contributed by atoms with Crippen LogP contribution in [0.5, 0.6) is 0 Å². The van der Waals surface area contributed by atoms with Crippen LogP contribution < -0.4 is 0 Å². The lowest BCUT2D eigenvalue weighted by Crippen LogP contribution is -2.26. The fraction of sp³-hybridized carbons (Fsp3) is 0.400. The van der Waals surface area contributed by atoms with Crippen molar-refractivity contribution in [3.8, 4) is 0 Å². The van der Waals surface area contributed by atoms with Crippen molar-refractivity contribution >= 4 is 23.0 Å². The average Bonchev–Trinajstić information content (AvgIpc) is 2.72. The van der Waals surface area contributed by atoms with Gasteiger partial charge in [0.05, 0.1) is 0 Å². The van der Waals surface area contributed by atoms with Crippen molar-refractivity contribution in [2.24, 2.45) is 20.6 Å². The van der Waals surface area contributed by atoms with E-state index in [1.54, 1.807) is 6.92 Å². The van der Waals surface area contributed by atoms with E-state index in [0.717, 1.165) is 16.7 Å². The number of oxime groups is 4. The number of nitrogens with zero attached hydrogens (tertiary/aromatic N) is 4. The number of rotatable bonds is 10. The van der Waals surface area contributed by atoms with Crippen LogP contribution >= 0.6 is 0 Å². The normalized spacial score (nSPS) is 15.0. The molecule has 0 saturated heterocycles. The van der Waals surface area contributed by atoms with Crippen LogP contribution in [0.2, 0.25) is 0 Å². The van der Waals surface area contributed by atoms with E-state index in [2.05, 4.69) is 27.2 Å². The van der Waals surface area contributed by atoms with Crippen LogP contribution in [0.3, 0.4) is 0 Å². The van der Waals surface area contributed by atoms with Gasteiger partial charge in [-0.2, -0.15) is 0 Å². The van der Waals surface area contributed by atoms with E-state index in [1.807, 2.05) is 31.2 Å². The van der Waals surface area contributed by atoms with Gasteiger partial charge in [-0.3, -0.25) is 0 Å². The molecule has 1 aliphatic rings. The molecule has 1 aliphatic heterocycles. The standard InChI is InChI=1S/C20H26N4O5/c1-14(2)12-18(22-25-4)15(3)21-29-13-16-8-6-7-9-17(16)19(23-26-5)20-24-28-11-10-27-20/h6-9H,1,10-13H2,2-5H3/b21-15+,22-18+,23-19+. The molecule has 0 aliphatic carbocycles. The van der Waals surface area contributed by atoms with Crippen molar-refractivity contribution in [3.63, 3.8) is 0 Å². The third kappa shape index (κ3) is 6.63. The van der Waals surface area contributed by atoms with Crippen molar-refractivity contribution in [1.82, 2.24) is 0 Å². The van der Waals surface area contributed by atoms with E-state index >= 15 is 0 Å². The Balaban J connectivity index is 2.20. The molecule has 0 spiro atoms. The Labute approximate surface area is 170 Å². The number of hydrogen-bond acceptors (Lipinski definition) is 9. The van der Waals surface area contributed by atoms with Crippen LogP contribution in [0, 0.1) is 0 Å². The van der Waals surface area contributed by atoms with Crippen molar-refractivity contribution in [2.75, 3.05) is 27.4 Å². The summed E-state index contributed by atoms with van der Waals surface area (Å²) in [7, 11) is 2.94. The van der Waals surface area contributed by atoms with Crippen LogP contribution in [-0.2, 0) is 30.7 Å². The summed E-state index contributed by atoms with van der Waals surface area (Å²) in [6, 6.07) is 7.53. The molecule has 0 radical (unpaired) electrons. The van der Waals surface area contributed by atoms with Gasteiger partial charge in [-0.25, -0.2) is 0 Å². The number of ether oxygens (including phenoxy) is 1. The van der Waals surface area contributed by atoms with E-state index in [9.17, 15) is 0 Å². The highest BCUT2D eigenvalue weighted by atomic mass is 16.7. The average molecular weight is 402 g/mol. The van der Waals surface area contributed by atoms with Crippen molar-refractivity contribution in [2.45, 2.75) is 26.9 Å². The van der Waals surface area contributed by atoms with Gasteiger partial charge in [0.2, 0.25) is 0 Å². The second kappa shape index (κ2) is 11.5. The molecule has 0 aromatic heterocycles. The topological polar surface area (TPSA) is 95.6 Å². The Kier molecular flexibility index (Phi) is 8.68.